The second-order valence-electron chi connectivity index (χ2n) is 14.4. The maximum Gasteiger partial charge on any atom is 0.408 e. The summed E-state index contributed by atoms with van der Waals surface area (Å²) in [6, 6.07) is -2.84. The molecule has 5 atom stereocenters. The van der Waals surface area contributed by atoms with Crippen molar-refractivity contribution in [3.8, 4) is 0 Å². The van der Waals surface area contributed by atoms with Crippen LogP contribution in [0.5, 0.6) is 0 Å². The summed E-state index contributed by atoms with van der Waals surface area (Å²) < 4.78 is 5.33. The van der Waals surface area contributed by atoms with Crippen LogP contribution in [0, 0.1) is 30.6 Å². The lowest BCUT2D eigenvalue weighted by Gasteiger charge is -2.30. The van der Waals surface area contributed by atoms with Gasteiger partial charge in [-0.3, -0.25) is 19.2 Å². The van der Waals surface area contributed by atoms with Crippen molar-refractivity contribution in [3.05, 3.63) is 16.1 Å². The van der Waals surface area contributed by atoms with Gasteiger partial charge in [-0.1, -0.05) is 48.5 Å². The smallest absolute Gasteiger partial charge is 0.408 e. The Hall–Kier alpha value is -3.26. The zero-order chi connectivity index (χ0) is 36.1. The minimum absolute atomic E-state index is 0.000192. The molecule has 1 aromatic heterocycles. The van der Waals surface area contributed by atoms with Gasteiger partial charge in [0.05, 0.1) is 25.1 Å². The lowest BCUT2D eigenvalue weighted by Crippen LogP contribution is -2.55. The molecule has 0 radical (unpaired) electrons. The van der Waals surface area contributed by atoms with Crippen LogP contribution in [0.15, 0.2) is 5.38 Å². The summed E-state index contributed by atoms with van der Waals surface area (Å²) in [6.45, 7) is 20.7. The Morgan fingerprint density at radius 2 is 1.51 bits per heavy atom. The number of aryl methyl sites for hydroxylation is 1. The third kappa shape index (κ3) is 16.9. The van der Waals surface area contributed by atoms with Crippen molar-refractivity contribution < 1.29 is 33.8 Å². The van der Waals surface area contributed by atoms with E-state index in [1.807, 2.05) is 53.8 Å². The molecule has 13 nitrogen and oxygen atoms in total. The first-order valence-corrected chi connectivity index (χ1v) is 17.3. The number of thiazole rings is 1. The van der Waals surface area contributed by atoms with Crippen molar-refractivity contribution in [2.75, 3.05) is 6.54 Å². The van der Waals surface area contributed by atoms with Crippen LogP contribution in [0.25, 0.3) is 0 Å². The zero-order valence-corrected chi connectivity index (χ0v) is 30.8. The number of nitrogens with zero attached hydrogens (tertiary/aromatic N) is 1. The summed E-state index contributed by atoms with van der Waals surface area (Å²) in [7, 11) is 0. The molecular formula is C33H58N6O7S. The van der Waals surface area contributed by atoms with Gasteiger partial charge >= 0.3 is 6.09 Å². The first-order chi connectivity index (χ1) is 21.7. The predicted molar refractivity (Wildman–Crippen MR) is 182 cm³/mol. The van der Waals surface area contributed by atoms with Crippen LogP contribution in [-0.2, 0) is 30.5 Å². The summed E-state index contributed by atoms with van der Waals surface area (Å²) in [6.07, 6.45) is -2.03. The van der Waals surface area contributed by atoms with Crippen LogP contribution < -0.4 is 26.6 Å². The lowest BCUT2D eigenvalue weighted by atomic mass is 9.91. The summed E-state index contributed by atoms with van der Waals surface area (Å²) in [4.78, 5) is 69.2. The van der Waals surface area contributed by atoms with E-state index in [4.69, 9.17) is 4.74 Å². The molecule has 5 unspecified atom stereocenters. The van der Waals surface area contributed by atoms with Gasteiger partial charge in [0, 0.05) is 23.5 Å². The number of nitrogens with one attached hydrogen (secondary N) is 5. The molecule has 0 fully saturated rings. The molecule has 1 rings (SSSR count). The monoisotopic (exact) mass is 682 g/mol. The molecule has 268 valence electrons. The van der Waals surface area contributed by atoms with Crippen LogP contribution in [0.3, 0.4) is 0 Å². The van der Waals surface area contributed by atoms with E-state index < -0.39 is 59.6 Å². The number of hydrogen-bond acceptors (Lipinski definition) is 9. The van der Waals surface area contributed by atoms with Crippen LogP contribution in [0.1, 0.15) is 99.2 Å². The van der Waals surface area contributed by atoms with Gasteiger partial charge in [-0.15, -0.1) is 11.3 Å². The fourth-order valence-corrected chi connectivity index (χ4v) is 5.27. The molecule has 0 aliphatic rings. The van der Waals surface area contributed by atoms with E-state index >= 15 is 0 Å². The molecule has 1 aromatic rings. The molecule has 0 saturated heterocycles. The Bertz CT molecular complexity index is 1180. The minimum Gasteiger partial charge on any atom is -0.444 e. The number of aliphatic hydroxyl groups is 1. The van der Waals surface area contributed by atoms with Gasteiger partial charge in [-0.2, -0.15) is 0 Å². The van der Waals surface area contributed by atoms with Crippen molar-refractivity contribution in [2.24, 2.45) is 23.7 Å². The number of hydrogen-bond donors (Lipinski definition) is 6. The van der Waals surface area contributed by atoms with E-state index in [9.17, 15) is 29.1 Å². The molecule has 0 aliphatic carbocycles. The Balaban J connectivity index is 3.03. The number of rotatable bonds is 18. The third-order valence-electron chi connectivity index (χ3n) is 6.99. The summed E-state index contributed by atoms with van der Waals surface area (Å²) in [5.74, 6) is -2.37. The highest BCUT2D eigenvalue weighted by Crippen LogP contribution is 2.17. The number of ether oxygens (including phenoxy) is 1. The largest absolute Gasteiger partial charge is 0.444 e. The van der Waals surface area contributed by atoms with Gasteiger partial charge in [-0.05, 0) is 58.3 Å². The highest BCUT2D eigenvalue weighted by Gasteiger charge is 2.33. The normalized spacial score (nSPS) is 15.0. The maximum absolute atomic E-state index is 13.6. The topological polar surface area (TPSA) is 188 Å². The van der Waals surface area contributed by atoms with Crippen LogP contribution >= 0.6 is 11.3 Å². The third-order valence-corrected chi connectivity index (χ3v) is 7.96. The number of amides is 5. The number of aliphatic hydroxyl groups excluding tert-OH is 1. The van der Waals surface area contributed by atoms with Crippen molar-refractivity contribution in [1.29, 1.82) is 0 Å². The van der Waals surface area contributed by atoms with Crippen molar-refractivity contribution in [1.82, 2.24) is 31.6 Å². The van der Waals surface area contributed by atoms with E-state index in [1.165, 1.54) is 11.3 Å². The summed E-state index contributed by atoms with van der Waals surface area (Å²) in [5, 5.41) is 27.5. The van der Waals surface area contributed by atoms with Crippen LogP contribution in [0.4, 0.5) is 4.79 Å². The van der Waals surface area contributed by atoms with Gasteiger partial charge in [0.1, 0.15) is 22.7 Å². The lowest BCUT2D eigenvalue weighted by molar-refractivity contribution is -0.132. The number of carbonyl (C=O) groups excluding carboxylic acids is 5. The predicted octanol–water partition coefficient (Wildman–Crippen LogP) is 3.18. The Morgan fingerprint density at radius 1 is 0.872 bits per heavy atom. The van der Waals surface area contributed by atoms with Crippen LogP contribution in [-0.4, -0.2) is 76.2 Å². The zero-order valence-electron chi connectivity index (χ0n) is 30.0. The molecule has 0 aliphatic heterocycles. The van der Waals surface area contributed by atoms with Gasteiger partial charge in [0.25, 0.3) is 0 Å². The fourth-order valence-electron chi connectivity index (χ4n) is 4.56. The van der Waals surface area contributed by atoms with Crippen molar-refractivity contribution in [3.63, 3.8) is 0 Å². The molecule has 0 bridgehead atoms. The molecule has 6 N–H and O–H groups in total. The Morgan fingerprint density at radius 3 is 2.02 bits per heavy atom. The Kier molecular flexibility index (Phi) is 17.4. The average Bonchev–Trinajstić information content (AvgIpc) is 3.35. The van der Waals surface area contributed by atoms with Crippen molar-refractivity contribution >= 4 is 41.1 Å². The first-order valence-electron chi connectivity index (χ1n) is 16.4. The van der Waals surface area contributed by atoms with Crippen LogP contribution in [0.2, 0.25) is 0 Å². The molecule has 1 heterocycles. The van der Waals surface area contributed by atoms with Gasteiger partial charge < -0.3 is 36.4 Å². The molecule has 5 amide bonds. The molecule has 14 heteroatoms. The minimum atomic E-state index is -1.30. The summed E-state index contributed by atoms with van der Waals surface area (Å²) in [5.41, 5.74) is -0.0103. The quantitative estimate of drug-likeness (QED) is 0.136. The highest BCUT2D eigenvalue weighted by molar-refractivity contribution is 7.09. The highest BCUT2D eigenvalue weighted by atomic mass is 32.1. The number of carbonyl (C=O) groups is 5. The van der Waals surface area contributed by atoms with Crippen molar-refractivity contribution in [2.45, 2.75) is 132 Å². The van der Waals surface area contributed by atoms with E-state index in [0.29, 0.717) is 18.0 Å². The van der Waals surface area contributed by atoms with Gasteiger partial charge in [0.15, 0.2) is 0 Å². The van der Waals surface area contributed by atoms with E-state index in [2.05, 4.69) is 31.6 Å². The van der Waals surface area contributed by atoms with E-state index in [-0.39, 0.29) is 43.0 Å². The molecule has 0 saturated carbocycles. The molecular weight excluding hydrogens is 624 g/mol. The molecule has 47 heavy (non-hydrogen) atoms. The number of alkyl carbamates (subject to hydrolysis) is 1. The molecule has 0 aromatic carbocycles. The van der Waals surface area contributed by atoms with E-state index in [0.717, 1.165) is 5.69 Å². The Labute approximate surface area is 284 Å². The summed E-state index contributed by atoms with van der Waals surface area (Å²) >= 11 is 1.40. The maximum atomic E-state index is 13.6. The second kappa shape index (κ2) is 19.5. The number of aromatic nitrogens is 1. The SMILES string of the molecule is Cc1csc(CNC(=O)CC(NC(=O)OC(C)(C)C)C(=O)NC(CC(C)C)C(O)CC(C)C(=O)NC(C(=O)NCC(C)C)C(C)C)n1. The average molecular weight is 683 g/mol. The standard InChI is InChI=1S/C33H58N6O7S/c1-18(2)12-23(25(40)13-21(7)29(42)39-28(20(5)6)31(44)35-15-19(3)4)37-30(43)24(38-32(45)46-33(9,10)11)14-26(41)34-16-27-36-22(8)17-47-27/h17-21,23-25,28,40H,12-16H2,1-11H3,(H,34,41)(H,35,44)(H,37,43)(H,38,45)(H,39,42). The fraction of sp³-hybridized carbons (Fsp3) is 0.758. The van der Waals surface area contributed by atoms with E-state index in [1.54, 1.807) is 27.7 Å². The van der Waals surface area contributed by atoms with Gasteiger partial charge in [-0.25, -0.2) is 9.78 Å². The second-order valence-corrected chi connectivity index (χ2v) is 15.3. The molecule has 0 spiro atoms. The first kappa shape index (κ1) is 41.8. The van der Waals surface area contributed by atoms with Gasteiger partial charge in [0.2, 0.25) is 23.6 Å².